The van der Waals surface area contributed by atoms with Crippen LogP contribution >= 0.6 is 0 Å². The van der Waals surface area contributed by atoms with E-state index in [4.69, 9.17) is 0 Å². The van der Waals surface area contributed by atoms with Gasteiger partial charge in [0.2, 0.25) is 0 Å². The summed E-state index contributed by atoms with van der Waals surface area (Å²) in [4.78, 5) is 0. The van der Waals surface area contributed by atoms with Gasteiger partial charge in [-0.25, -0.2) is 6.07 Å². The summed E-state index contributed by atoms with van der Waals surface area (Å²) < 4.78 is 1.42. The zero-order chi connectivity index (χ0) is 35.4. The number of aryl methyl sites for hydroxylation is 3. The zero-order valence-electron chi connectivity index (χ0n) is 32.4. The standard InChI is InChI=1S/C23H29.C13H10.C11H17.2ClH.Zr/c1-14-9-16-11-17-10-15(2)21(23(6,7)8)13-19(17)18(16)12-20(14)22(3,4)5;1-3-7-12(8-4-1)11-13-9-5-2-6-10-13;1-5-9-6-7-10(8-9)11(2,3)4;;;/h9,12-13H,11H2,1-8H3;1-10H;6-8H,5H2,1-4H3;2*1H;/q-1;;-1;;;+2/p-2. The first kappa shape index (κ1) is 43.7. The molecule has 0 heterocycles. The second-order valence-electron chi connectivity index (χ2n) is 16.4. The molecule has 0 aliphatic heterocycles. The third kappa shape index (κ3) is 11.0. The van der Waals surface area contributed by atoms with Crippen molar-refractivity contribution in [3.63, 3.8) is 0 Å². The van der Waals surface area contributed by atoms with Gasteiger partial charge in [0.1, 0.15) is 0 Å². The molecule has 1 aliphatic carbocycles. The molecule has 0 fully saturated rings. The van der Waals surface area contributed by atoms with Gasteiger partial charge in [0.15, 0.2) is 0 Å². The Morgan fingerprint density at radius 3 is 1.60 bits per heavy atom. The molecule has 0 bridgehead atoms. The van der Waals surface area contributed by atoms with Crippen LogP contribution in [-0.4, -0.2) is 3.21 Å². The third-order valence-corrected chi connectivity index (χ3v) is 10.7. The molecule has 1 aliphatic rings. The normalized spacial score (nSPS) is 11.8. The van der Waals surface area contributed by atoms with Gasteiger partial charge in [-0.2, -0.15) is 41.0 Å². The minimum atomic E-state index is 0. The van der Waals surface area contributed by atoms with Crippen LogP contribution in [0.1, 0.15) is 125 Å². The number of hydrogen-bond acceptors (Lipinski definition) is 0. The fourth-order valence-electron chi connectivity index (χ4n) is 6.58. The zero-order valence-corrected chi connectivity index (χ0v) is 36.4. The van der Waals surface area contributed by atoms with Crippen molar-refractivity contribution in [2.75, 3.05) is 0 Å². The molecule has 3 heteroatoms. The Bertz CT molecular complexity index is 1730. The van der Waals surface area contributed by atoms with Crippen LogP contribution in [0.2, 0.25) is 0 Å². The monoisotopic (exact) mass is 780 g/mol. The van der Waals surface area contributed by atoms with Gasteiger partial charge in [0.05, 0.1) is 0 Å². The quantitative estimate of drug-likeness (QED) is 0.184. The molecule has 0 spiro atoms. The Morgan fingerprint density at radius 1 is 0.680 bits per heavy atom. The van der Waals surface area contributed by atoms with Crippen LogP contribution in [0.5, 0.6) is 0 Å². The van der Waals surface area contributed by atoms with E-state index in [1.54, 1.807) is 0 Å². The van der Waals surface area contributed by atoms with Crippen LogP contribution in [0.3, 0.4) is 0 Å². The van der Waals surface area contributed by atoms with Gasteiger partial charge < -0.3 is 24.8 Å². The molecule has 0 atom stereocenters. The van der Waals surface area contributed by atoms with Crippen LogP contribution in [0, 0.1) is 19.9 Å². The van der Waals surface area contributed by atoms with Gasteiger partial charge in [-0.3, -0.25) is 0 Å². The van der Waals surface area contributed by atoms with E-state index in [0.29, 0.717) is 5.41 Å². The molecule has 0 saturated heterocycles. The third-order valence-electron chi connectivity index (χ3n) is 9.30. The Labute approximate surface area is 332 Å². The van der Waals surface area contributed by atoms with Crippen LogP contribution in [0.15, 0.2) is 97.1 Å². The van der Waals surface area contributed by atoms with Crippen molar-refractivity contribution in [2.24, 2.45) is 0 Å². The Kier molecular flexibility index (Phi) is 15.6. The van der Waals surface area contributed by atoms with E-state index in [0.717, 1.165) is 12.8 Å². The van der Waals surface area contributed by atoms with Crippen LogP contribution in [0.25, 0.3) is 11.1 Å². The summed E-state index contributed by atoms with van der Waals surface area (Å²) in [6, 6.07) is 38.8. The maximum absolute atomic E-state index is 3.69. The fourth-order valence-corrected chi connectivity index (χ4v) is 7.40. The van der Waals surface area contributed by atoms with Gasteiger partial charge in [-0.1, -0.05) is 111 Å². The molecule has 5 aromatic carbocycles. The van der Waals surface area contributed by atoms with Crippen molar-refractivity contribution in [2.45, 2.75) is 112 Å². The predicted octanol–water partition coefficient (Wildman–Crippen LogP) is 6.35. The van der Waals surface area contributed by atoms with Crippen molar-refractivity contribution in [3.8, 4) is 11.1 Å². The van der Waals surface area contributed by atoms with Crippen molar-refractivity contribution in [3.05, 3.63) is 159 Å². The molecule has 0 saturated carbocycles. The summed E-state index contributed by atoms with van der Waals surface area (Å²) in [6.45, 7) is 27.2. The molecular weight excluding hydrogens is 727 g/mol. The van der Waals surface area contributed by atoms with Gasteiger partial charge in [-0.05, 0) is 35.4 Å². The van der Waals surface area contributed by atoms with Crippen molar-refractivity contribution >= 4 is 3.21 Å². The summed E-state index contributed by atoms with van der Waals surface area (Å²) in [5, 5.41) is 0. The molecule has 5 aromatic rings. The van der Waals surface area contributed by atoms with E-state index in [-0.39, 0.29) is 35.6 Å². The van der Waals surface area contributed by atoms with E-state index in [2.05, 4.69) is 186 Å². The van der Waals surface area contributed by atoms with Gasteiger partial charge in [0.25, 0.3) is 0 Å². The topological polar surface area (TPSA) is 0 Å². The number of hydrogen-bond donors (Lipinski definition) is 0. The summed E-state index contributed by atoms with van der Waals surface area (Å²) in [5.41, 5.74) is 17.5. The first-order valence-electron chi connectivity index (χ1n) is 17.6. The summed E-state index contributed by atoms with van der Waals surface area (Å²) in [5.74, 6) is 0. The van der Waals surface area contributed by atoms with E-state index in [9.17, 15) is 0 Å². The second-order valence-corrected chi connectivity index (χ2v) is 17.6. The fraction of sp³-hybridized carbons (Fsp3) is 0.362. The van der Waals surface area contributed by atoms with E-state index in [1.165, 1.54) is 94.2 Å². The SMILES string of the molecule is CCc1cc(C(C)(C)C)c[cH-]1.Cc1[c-]c2c(cc1C(C)(C)C)-c1cc(C(C)(C)C)c(C)cc1C2.[Cl-].[Cl-].[Zr+2]=[C](c1ccccc1)c1ccccc1. The Morgan fingerprint density at radius 2 is 1.18 bits per heavy atom. The van der Waals surface area contributed by atoms with Crippen LogP contribution in [0.4, 0.5) is 0 Å². The van der Waals surface area contributed by atoms with Gasteiger partial charge >= 0.3 is 99.2 Å². The van der Waals surface area contributed by atoms with Gasteiger partial charge in [0, 0.05) is 0 Å². The molecule has 0 radical (unpaired) electrons. The summed E-state index contributed by atoms with van der Waals surface area (Å²) >= 11 is 1.46. The average molecular weight is 783 g/mol. The van der Waals surface area contributed by atoms with E-state index in [1.807, 2.05) is 0 Å². The summed E-state index contributed by atoms with van der Waals surface area (Å²) in [7, 11) is 0. The number of rotatable bonds is 3. The molecule has 0 amide bonds. The van der Waals surface area contributed by atoms with E-state index >= 15 is 0 Å². The number of fused-ring (bicyclic) bond motifs is 3. The molecule has 50 heavy (non-hydrogen) atoms. The molecular formula is C47H56Cl2Zr-2. The molecule has 0 unspecified atom stereocenters. The van der Waals surface area contributed by atoms with Gasteiger partial charge in [-0.15, -0.1) is 16.7 Å². The predicted molar refractivity (Wildman–Crippen MR) is 207 cm³/mol. The van der Waals surface area contributed by atoms with E-state index < -0.39 is 0 Å². The minimum absolute atomic E-state index is 0. The van der Waals surface area contributed by atoms with Crippen LogP contribution in [-0.2, 0) is 53.3 Å². The van der Waals surface area contributed by atoms with Crippen molar-refractivity contribution in [1.29, 1.82) is 0 Å². The number of benzene rings is 4. The molecule has 0 nitrogen and oxygen atoms in total. The molecule has 0 N–H and O–H groups in total. The van der Waals surface area contributed by atoms with Crippen LogP contribution < -0.4 is 24.8 Å². The Balaban J connectivity index is 0.000000276. The molecule has 0 aromatic heterocycles. The maximum atomic E-state index is 3.69. The average Bonchev–Trinajstić information content (AvgIpc) is 3.65. The van der Waals surface area contributed by atoms with Crippen molar-refractivity contribution < 1.29 is 49.0 Å². The molecule has 264 valence electrons. The summed E-state index contributed by atoms with van der Waals surface area (Å²) in [6.07, 6.45) is 2.18. The first-order valence-corrected chi connectivity index (χ1v) is 18.8. The van der Waals surface area contributed by atoms with Crippen molar-refractivity contribution in [1.82, 2.24) is 0 Å². The molecule has 6 rings (SSSR count). The first-order chi connectivity index (χ1) is 22.4. The number of halogens is 2. The second kappa shape index (κ2) is 17.9. The Hall–Kier alpha value is -2.44.